The van der Waals surface area contributed by atoms with E-state index in [2.05, 4.69) is 9.80 Å². The molecule has 0 saturated carbocycles. The van der Waals surface area contributed by atoms with Crippen LogP contribution in [0.3, 0.4) is 0 Å². The Labute approximate surface area is 168 Å². The van der Waals surface area contributed by atoms with Crippen LogP contribution in [0.25, 0.3) is 0 Å². The molecular weight excluding hydrogens is 356 g/mol. The molecule has 0 radical (unpaired) electrons. The highest BCUT2D eigenvalue weighted by Crippen LogP contribution is 2.31. The second-order valence-corrected chi connectivity index (χ2v) is 7.96. The summed E-state index contributed by atoms with van der Waals surface area (Å²) in [6, 6.07) is 5.47. The average molecular weight is 391 g/mol. The number of methoxy groups -OCH3 is 2. The third-order valence-corrected chi connectivity index (χ3v) is 6.00. The van der Waals surface area contributed by atoms with Crippen molar-refractivity contribution in [3.05, 3.63) is 23.8 Å². The Morgan fingerprint density at radius 3 is 2.54 bits per heavy atom. The van der Waals surface area contributed by atoms with Gasteiger partial charge in [-0.3, -0.25) is 9.69 Å². The standard InChI is InChI=1S/C22H34N2O4/c1-27-18-9-10-21(28-2)19(14-18)20(25)16-23-11-7-8-17(15-23)22(26)24-12-5-3-4-6-13-24/h9-10,14,17,20,25H,3-8,11-13,15-16H2,1-2H3/t17-,20+/m1/s1. The van der Waals surface area contributed by atoms with Gasteiger partial charge in [-0.05, 0) is 50.4 Å². The molecule has 0 bridgehead atoms. The number of aliphatic hydroxyl groups is 1. The first-order chi connectivity index (χ1) is 13.6. The van der Waals surface area contributed by atoms with Gasteiger partial charge in [0.2, 0.25) is 5.91 Å². The van der Waals surface area contributed by atoms with E-state index in [0.29, 0.717) is 24.0 Å². The Morgan fingerprint density at radius 1 is 1.11 bits per heavy atom. The van der Waals surface area contributed by atoms with E-state index in [1.165, 1.54) is 12.8 Å². The third-order valence-electron chi connectivity index (χ3n) is 6.00. The molecule has 156 valence electrons. The first-order valence-corrected chi connectivity index (χ1v) is 10.5. The van der Waals surface area contributed by atoms with Gasteiger partial charge in [-0.1, -0.05) is 12.8 Å². The number of hydrogen-bond donors (Lipinski definition) is 1. The zero-order chi connectivity index (χ0) is 19.9. The molecular formula is C22H34N2O4. The fourth-order valence-corrected chi connectivity index (χ4v) is 4.41. The number of β-amino-alcohol motifs (C(OH)–C–C–N with tert-alkyl or cyclic N) is 1. The number of likely N-dealkylation sites (tertiary alicyclic amines) is 2. The van der Waals surface area contributed by atoms with E-state index < -0.39 is 6.10 Å². The molecule has 6 nitrogen and oxygen atoms in total. The van der Waals surface area contributed by atoms with Crippen molar-refractivity contribution < 1.29 is 19.4 Å². The van der Waals surface area contributed by atoms with Gasteiger partial charge in [-0.25, -0.2) is 0 Å². The highest BCUT2D eigenvalue weighted by molar-refractivity contribution is 5.79. The highest BCUT2D eigenvalue weighted by Gasteiger charge is 2.30. The van der Waals surface area contributed by atoms with Crippen molar-refractivity contribution in [2.24, 2.45) is 5.92 Å². The third kappa shape index (κ3) is 5.17. The van der Waals surface area contributed by atoms with E-state index in [1.54, 1.807) is 14.2 Å². The van der Waals surface area contributed by atoms with E-state index in [0.717, 1.165) is 57.4 Å². The summed E-state index contributed by atoms with van der Waals surface area (Å²) in [6.07, 6.45) is 5.96. The molecule has 0 aromatic heterocycles. The quantitative estimate of drug-likeness (QED) is 0.809. The summed E-state index contributed by atoms with van der Waals surface area (Å²) in [5.41, 5.74) is 0.725. The molecule has 2 heterocycles. The van der Waals surface area contributed by atoms with Gasteiger partial charge in [-0.15, -0.1) is 0 Å². The molecule has 1 amide bonds. The second-order valence-electron chi connectivity index (χ2n) is 7.96. The molecule has 0 aliphatic carbocycles. The van der Waals surface area contributed by atoms with Crippen LogP contribution in [0.5, 0.6) is 11.5 Å². The van der Waals surface area contributed by atoms with Crippen molar-refractivity contribution in [2.75, 3.05) is 46.9 Å². The summed E-state index contributed by atoms with van der Waals surface area (Å²) in [4.78, 5) is 17.3. The van der Waals surface area contributed by atoms with Crippen molar-refractivity contribution >= 4 is 5.91 Å². The van der Waals surface area contributed by atoms with Crippen LogP contribution in [0.2, 0.25) is 0 Å². The van der Waals surface area contributed by atoms with Gasteiger partial charge in [0.15, 0.2) is 0 Å². The number of benzene rings is 1. The molecule has 2 saturated heterocycles. The van der Waals surface area contributed by atoms with Crippen molar-refractivity contribution in [2.45, 2.75) is 44.6 Å². The van der Waals surface area contributed by atoms with Crippen molar-refractivity contribution in [1.29, 1.82) is 0 Å². The van der Waals surface area contributed by atoms with Gasteiger partial charge >= 0.3 is 0 Å². The van der Waals surface area contributed by atoms with Crippen LogP contribution < -0.4 is 9.47 Å². The zero-order valence-corrected chi connectivity index (χ0v) is 17.2. The Balaban J connectivity index is 1.62. The Morgan fingerprint density at radius 2 is 1.86 bits per heavy atom. The maximum Gasteiger partial charge on any atom is 0.226 e. The molecule has 2 aliphatic rings. The number of amides is 1. The molecule has 6 heteroatoms. The van der Waals surface area contributed by atoms with Crippen molar-refractivity contribution in [1.82, 2.24) is 9.80 Å². The Hall–Kier alpha value is -1.79. The molecule has 28 heavy (non-hydrogen) atoms. The predicted molar refractivity (Wildman–Crippen MR) is 109 cm³/mol. The summed E-state index contributed by atoms with van der Waals surface area (Å²) >= 11 is 0. The lowest BCUT2D eigenvalue weighted by atomic mass is 9.95. The number of aliphatic hydroxyl groups excluding tert-OH is 1. The average Bonchev–Trinajstić information content (AvgIpc) is 3.02. The van der Waals surface area contributed by atoms with Gasteiger partial charge in [0.1, 0.15) is 11.5 Å². The number of carbonyl (C=O) groups excluding carboxylic acids is 1. The van der Waals surface area contributed by atoms with Gasteiger partial charge < -0.3 is 19.5 Å². The topological polar surface area (TPSA) is 62.2 Å². The van der Waals surface area contributed by atoms with Crippen LogP contribution in [0.1, 0.15) is 50.2 Å². The fraction of sp³-hybridized carbons (Fsp3) is 0.682. The minimum atomic E-state index is -0.683. The number of piperidine rings is 1. The Bertz CT molecular complexity index is 643. The molecule has 2 aliphatic heterocycles. The molecule has 2 fully saturated rings. The van der Waals surface area contributed by atoms with E-state index in [4.69, 9.17) is 9.47 Å². The molecule has 3 rings (SSSR count). The maximum atomic E-state index is 13.0. The normalized spacial score (nSPS) is 22.4. The minimum Gasteiger partial charge on any atom is -0.497 e. The van der Waals surface area contributed by atoms with E-state index >= 15 is 0 Å². The lowest BCUT2D eigenvalue weighted by molar-refractivity contribution is -0.137. The van der Waals surface area contributed by atoms with Crippen molar-refractivity contribution in [3.8, 4) is 11.5 Å². The van der Waals surface area contributed by atoms with Gasteiger partial charge in [0.25, 0.3) is 0 Å². The number of carbonyl (C=O) groups is 1. The fourth-order valence-electron chi connectivity index (χ4n) is 4.41. The SMILES string of the molecule is COc1ccc(OC)c([C@@H](O)CN2CCC[C@@H](C(=O)N3CCCCCC3)C2)c1. The molecule has 0 unspecified atom stereocenters. The molecule has 1 aromatic rings. The molecule has 2 atom stereocenters. The van der Waals surface area contributed by atoms with Crippen molar-refractivity contribution in [3.63, 3.8) is 0 Å². The van der Waals surface area contributed by atoms with Crippen LogP contribution in [-0.4, -0.2) is 67.8 Å². The van der Waals surface area contributed by atoms with Gasteiger partial charge in [0.05, 0.1) is 26.2 Å². The smallest absolute Gasteiger partial charge is 0.226 e. The monoisotopic (exact) mass is 390 g/mol. The predicted octanol–water partition coefficient (Wildman–Crippen LogP) is 2.85. The lowest BCUT2D eigenvalue weighted by Gasteiger charge is -2.35. The van der Waals surface area contributed by atoms with Gasteiger partial charge in [0, 0.05) is 31.7 Å². The van der Waals surface area contributed by atoms with Crippen LogP contribution in [0, 0.1) is 5.92 Å². The van der Waals surface area contributed by atoms with E-state index in [-0.39, 0.29) is 5.92 Å². The van der Waals surface area contributed by atoms with E-state index in [1.807, 2.05) is 18.2 Å². The van der Waals surface area contributed by atoms with Crippen LogP contribution in [0.4, 0.5) is 0 Å². The van der Waals surface area contributed by atoms with Crippen LogP contribution >= 0.6 is 0 Å². The second kappa shape index (κ2) is 10.1. The highest BCUT2D eigenvalue weighted by atomic mass is 16.5. The molecule has 0 spiro atoms. The first-order valence-electron chi connectivity index (χ1n) is 10.5. The number of hydrogen-bond acceptors (Lipinski definition) is 5. The first kappa shape index (κ1) is 20.9. The summed E-state index contributed by atoms with van der Waals surface area (Å²) in [5.74, 6) is 1.71. The molecule has 1 aromatic carbocycles. The van der Waals surface area contributed by atoms with Crippen LogP contribution in [-0.2, 0) is 4.79 Å². The molecule has 1 N–H and O–H groups in total. The number of rotatable bonds is 6. The number of nitrogens with zero attached hydrogens (tertiary/aromatic N) is 2. The zero-order valence-electron chi connectivity index (χ0n) is 17.2. The Kier molecular flexibility index (Phi) is 7.57. The van der Waals surface area contributed by atoms with E-state index in [9.17, 15) is 9.90 Å². The lowest BCUT2D eigenvalue weighted by Crippen LogP contribution is -2.46. The van der Waals surface area contributed by atoms with Crippen LogP contribution in [0.15, 0.2) is 18.2 Å². The maximum absolute atomic E-state index is 13.0. The van der Waals surface area contributed by atoms with Gasteiger partial charge in [-0.2, -0.15) is 0 Å². The number of ether oxygens (including phenoxy) is 2. The summed E-state index contributed by atoms with van der Waals surface area (Å²) in [7, 11) is 3.22. The summed E-state index contributed by atoms with van der Waals surface area (Å²) in [6.45, 7) is 3.93. The summed E-state index contributed by atoms with van der Waals surface area (Å²) in [5, 5.41) is 10.8. The largest absolute Gasteiger partial charge is 0.497 e. The minimum absolute atomic E-state index is 0.0475. The summed E-state index contributed by atoms with van der Waals surface area (Å²) < 4.78 is 10.7.